The molecule has 0 saturated carbocycles. The average molecular weight is 226 g/mol. The van der Waals surface area contributed by atoms with Crippen LogP contribution in [-0.2, 0) is 0 Å². The van der Waals surface area contributed by atoms with Crippen molar-refractivity contribution in [3.05, 3.63) is 0 Å². The first-order valence-electron chi connectivity index (χ1n) is 7.20. The van der Waals surface area contributed by atoms with Crippen LogP contribution in [0.5, 0.6) is 0 Å². The summed E-state index contributed by atoms with van der Waals surface area (Å²) in [6, 6.07) is 1.48. The maximum absolute atomic E-state index is 3.74. The molecule has 1 aliphatic rings. The molecular weight excluding hydrogens is 196 g/mol. The van der Waals surface area contributed by atoms with Gasteiger partial charge in [-0.3, -0.25) is 4.90 Å². The van der Waals surface area contributed by atoms with Crippen LogP contribution >= 0.6 is 0 Å². The van der Waals surface area contributed by atoms with Gasteiger partial charge < -0.3 is 5.32 Å². The molecule has 0 aromatic rings. The third kappa shape index (κ3) is 3.74. The predicted molar refractivity (Wildman–Crippen MR) is 71.8 cm³/mol. The largest absolute Gasteiger partial charge is 0.311 e. The van der Waals surface area contributed by atoms with Gasteiger partial charge in [-0.1, -0.05) is 40.5 Å². The summed E-state index contributed by atoms with van der Waals surface area (Å²) in [4.78, 5) is 2.72. The number of hydrogen-bond acceptors (Lipinski definition) is 2. The van der Waals surface area contributed by atoms with E-state index in [0.717, 1.165) is 12.0 Å². The van der Waals surface area contributed by atoms with E-state index in [1.54, 1.807) is 0 Å². The van der Waals surface area contributed by atoms with E-state index in [-0.39, 0.29) is 0 Å². The number of nitrogens with zero attached hydrogens (tertiary/aromatic N) is 1. The molecule has 0 aromatic heterocycles. The highest BCUT2D eigenvalue weighted by Gasteiger charge is 2.28. The van der Waals surface area contributed by atoms with Crippen molar-refractivity contribution in [2.75, 3.05) is 19.6 Å². The zero-order valence-corrected chi connectivity index (χ0v) is 11.6. The quantitative estimate of drug-likeness (QED) is 0.749. The number of piperazine rings is 1. The second kappa shape index (κ2) is 7.29. The minimum Gasteiger partial charge on any atom is -0.311 e. The highest BCUT2D eigenvalue weighted by Crippen LogP contribution is 2.17. The molecule has 0 aromatic carbocycles. The molecule has 1 fully saturated rings. The smallest absolute Gasteiger partial charge is 0.0221 e. The molecule has 0 spiro atoms. The standard InChI is InChI=1S/C14H30N2/c1-5-8-9-16-11-14(12(4)6-2)15-10-13(16)7-3/h12-15H,5-11H2,1-4H3. The Bertz CT molecular complexity index is 182. The number of hydrogen-bond donors (Lipinski definition) is 1. The fourth-order valence-corrected chi connectivity index (χ4v) is 2.59. The lowest BCUT2D eigenvalue weighted by Crippen LogP contribution is -2.58. The highest BCUT2D eigenvalue weighted by atomic mass is 15.2. The predicted octanol–water partition coefficient (Wildman–Crippen LogP) is 2.89. The minimum atomic E-state index is 0.713. The lowest BCUT2D eigenvalue weighted by atomic mass is 9.94. The highest BCUT2D eigenvalue weighted by molar-refractivity contribution is 4.87. The first-order chi connectivity index (χ1) is 7.72. The Kier molecular flexibility index (Phi) is 6.37. The van der Waals surface area contributed by atoms with Crippen LogP contribution in [0.1, 0.15) is 53.4 Å². The number of nitrogens with one attached hydrogen (secondary N) is 1. The fraction of sp³-hybridized carbons (Fsp3) is 1.00. The van der Waals surface area contributed by atoms with E-state index < -0.39 is 0 Å². The Morgan fingerprint density at radius 1 is 1.31 bits per heavy atom. The van der Waals surface area contributed by atoms with Gasteiger partial charge in [0, 0.05) is 25.2 Å². The average Bonchev–Trinajstić information content (AvgIpc) is 2.34. The topological polar surface area (TPSA) is 15.3 Å². The van der Waals surface area contributed by atoms with Gasteiger partial charge in [-0.05, 0) is 25.3 Å². The van der Waals surface area contributed by atoms with Gasteiger partial charge in [0.05, 0.1) is 0 Å². The zero-order valence-electron chi connectivity index (χ0n) is 11.6. The van der Waals surface area contributed by atoms with E-state index in [4.69, 9.17) is 0 Å². The molecular formula is C14H30N2. The summed E-state index contributed by atoms with van der Waals surface area (Å²) < 4.78 is 0. The Morgan fingerprint density at radius 3 is 2.62 bits per heavy atom. The lowest BCUT2D eigenvalue weighted by Gasteiger charge is -2.42. The first-order valence-corrected chi connectivity index (χ1v) is 7.20. The van der Waals surface area contributed by atoms with Gasteiger partial charge in [0.1, 0.15) is 0 Å². The summed E-state index contributed by atoms with van der Waals surface area (Å²) in [5.41, 5.74) is 0. The molecule has 2 nitrogen and oxygen atoms in total. The molecule has 1 saturated heterocycles. The van der Waals surface area contributed by atoms with Crippen molar-refractivity contribution in [1.82, 2.24) is 10.2 Å². The molecule has 1 rings (SSSR count). The zero-order chi connectivity index (χ0) is 12.0. The van der Waals surface area contributed by atoms with Crippen molar-refractivity contribution in [3.8, 4) is 0 Å². The molecule has 0 bridgehead atoms. The summed E-state index contributed by atoms with van der Waals surface area (Å²) >= 11 is 0. The fourth-order valence-electron chi connectivity index (χ4n) is 2.59. The van der Waals surface area contributed by atoms with Crippen molar-refractivity contribution in [2.24, 2.45) is 5.92 Å². The van der Waals surface area contributed by atoms with Gasteiger partial charge in [0.2, 0.25) is 0 Å². The SMILES string of the molecule is CCCCN1CC(C(C)CC)NCC1CC. The Hall–Kier alpha value is -0.0800. The van der Waals surface area contributed by atoms with E-state index in [9.17, 15) is 0 Å². The van der Waals surface area contributed by atoms with Crippen LogP contribution in [0.4, 0.5) is 0 Å². The van der Waals surface area contributed by atoms with Gasteiger partial charge in [-0.2, -0.15) is 0 Å². The van der Waals surface area contributed by atoms with E-state index in [1.165, 1.54) is 45.3 Å². The summed E-state index contributed by atoms with van der Waals surface area (Å²) in [5, 5.41) is 3.74. The van der Waals surface area contributed by atoms with Crippen LogP contribution in [0.15, 0.2) is 0 Å². The van der Waals surface area contributed by atoms with Gasteiger partial charge >= 0.3 is 0 Å². The molecule has 1 N–H and O–H groups in total. The normalized spacial score (nSPS) is 29.2. The van der Waals surface area contributed by atoms with E-state index in [1.807, 2.05) is 0 Å². The van der Waals surface area contributed by atoms with Crippen LogP contribution in [0.25, 0.3) is 0 Å². The van der Waals surface area contributed by atoms with E-state index >= 15 is 0 Å². The van der Waals surface area contributed by atoms with Crippen LogP contribution in [0.3, 0.4) is 0 Å². The maximum atomic E-state index is 3.74. The van der Waals surface area contributed by atoms with Crippen molar-refractivity contribution in [1.29, 1.82) is 0 Å². The van der Waals surface area contributed by atoms with Crippen LogP contribution in [0.2, 0.25) is 0 Å². The summed E-state index contributed by atoms with van der Waals surface area (Å²) in [5.74, 6) is 0.807. The van der Waals surface area contributed by atoms with Crippen LogP contribution in [-0.4, -0.2) is 36.6 Å². The summed E-state index contributed by atoms with van der Waals surface area (Å²) in [6.07, 6.45) is 5.23. The molecule has 0 radical (unpaired) electrons. The molecule has 96 valence electrons. The first kappa shape index (κ1) is 14.0. The molecule has 3 atom stereocenters. The molecule has 0 aliphatic carbocycles. The third-order valence-corrected chi connectivity index (χ3v) is 4.16. The Balaban J connectivity index is 2.47. The lowest BCUT2D eigenvalue weighted by molar-refractivity contribution is 0.105. The Morgan fingerprint density at radius 2 is 2.06 bits per heavy atom. The molecule has 16 heavy (non-hydrogen) atoms. The van der Waals surface area contributed by atoms with Crippen molar-refractivity contribution < 1.29 is 0 Å². The van der Waals surface area contributed by atoms with Crippen molar-refractivity contribution >= 4 is 0 Å². The second-order valence-electron chi connectivity index (χ2n) is 5.31. The number of rotatable bonds is 6. The second-order valence-corrected chi connectivity index (χ2v) is 5.31. The molecule has 1 aliphatic heterocycles. The maximum Gasteiger partial charge on any atom is 0.0221 e. The van der Waals surface area contributed by atoms with Crippen LogP contribution in [0, 0.1) is 5.92 Å². The molecule has 1 heterocycles. The number of unbranched alkanes of at least 4 members (excludes halogenated alkanes) is 1. The van der Waals surface area contributed by atoms with Gasteiger partial charge in [0.15, 0.2) is 0 Å². The van der Waals surface area contributed by atoms with Gasteiger partial charge in [-0.15, -0.1) is 0 Å². The van der Waals surface area contributed by atoms with E-state index in [2.05, 4.69) is 37.9 Å². The van der Waals surface area contributed by atoms with Crippen LogP contribution < -0.4 is 5.32 Å². The van der Waals surface area contributed by atoms with Gasteiger partial charge in [-0.25, -0.2) is 0 Å². The van der Waals surface area contributed by atoms with Gasteiger partial charge in [0.25, 0.3) is 0 Å². The van der Waals surface area contributed by atoms with Crippen molar-refractivity contribution in [2.45, 2.75) is 65.5 Å². The summed E-state index contributed by atoms with van der Waals surface area (Å²) in [6.45, 7) is 13.0. The molecule has 3 unspecified atom stereocenters. The van der Waals surface area contributed by atoms with Crippen molar-refractivity contribution in [3.63, 3.8) is 0 Å². The third-order valence-electron chi connectivity index (χ3n) is 4.16. The molecule has 2 heteroatoms. The molecule has 0 amide bonds. The summed E-state index contributed by atoms with van der Waals surface area (Å²) in [7, 11) is 0. The Labute approximate surface area is 102 Å². The minimum absolute atomic E-state index is 0.713. The van der Waals surface area contributed by atoms with E-state index in [0.29, 0.717) is 6.04 Å². The monoisotopic (exact) mass is 226 g/mol.